The Morgan fingerprint density at radius 2 is 2.17 bits per heavy atom. The summed E-state index contributed by atoms with van der Waals surface area (Å²) in [6.07, 6.45) is 1.28. The smallest absolute Gasteiger partial charge is 0.307 e. The van der Waals surface area contributed by atoms with Crippen molar-refractivity contribution in [2.45, 2.75) is 0 Å². The van der Waals surface area contributed by atoms with E-state index < -0.39 is 5.91 Å². The number of hydrogen-bond donors (Lipinski definition) is 2. The lowest BCUT2D eigenvalue weighted by molar-refractivity contribution is -0.121. The van der Waals surface area contributed by atoms with E-state index in [-0.39, 0.29) is 5.76 Å². The zero-order chi connectivity index (χ0) is 16.2. The van der Waals surface area contributed by atoms with Crippen LogP contribution in [0, 0.1) is 0 Å². The number of rotatable bonds is 5. The minimum absolute atomic E-state index is 0.115. The zero-order valence-electron chi connectivity index (χ0n) is 12.5. The molecular weight excluding hydrogens is 322 g/mol. The fraction of sp³-hybridized carbons (Fsp3) is 0.286. The van der Waals surface area contributed by atoms with Crippen LogP contribution in [0.25, 0.3) is 10.2 Å². The first-order valence-corrected chi connectivity index (χ1v) is 7.56. The fourth-order valence-electron chi connectivity index (χ4n) is 1.96. The number of nitrogens with zero attached hydrogens (tertiary/aromatic N) is 1. The van der Waals surface area contributed by atoms with E-state index in [0.29, 0.717) is 35.4 Å². The molecule has 0 spiro atoms. The minimum atomic E-state index is -0.437. The van der Waals surface area contributed by atoms with Crippen molar-refractivity contribution in [3.63, 3.8) is 0 Å². The van der Waals surface area contributed by atoms with E-state index in [2.05, 4.69) is 15.8 Å². The van der Waals surface area contributed by atoms with E-state index in [9.17, 15) is 4.79 Å². The lowest BCUT2D eigenvalue weighted by Gasteiger charge is -2.14. The van der Waals surface area contributed by atoms with Gasteiger partial charge in [-0.1, -0.05) is 11.3 Å². The van der Waals surface area contributed by atoms with Crippen molar-refractivity contribution in [2.24, 2.45) is 0 Å². The quantitative estimate of drug-likeness (QED) is 0.802. The number of carbonyl (C=O) groups excluding carboxylic acids is 1. The highest BCUT2D eigenvalue weighted by atomic mass is 32.1. The normalized spacial score (nSPS) is 13.6. The first kappa shape index (κ1) is 15.2. The summed E-state index contributed by atoms with van der Waals surface area (Å²) < 4.78 is 21.6. The number of thiazole rings is 1. The predicted molar refractivity (Wildman–Crippen MR) is 84.5 cm³/mol. The van der Waals surface area contributed by atoms with Gasteiger partial charge in [-0.2, -0.15) is 0 Å². The Morgan fingerprint density at radius 3 is 2.87 bits per heavy atom. The minimum Gasteiger partial charge on any atom is -0.497 e. The van der Waals surface area contributed by atoms with Crippen LogP contribution in [0.3, 0.4) is 0 Å². The molecule has 8 nitrogen and oxygen atoms in total. The summed E-state index contributed by atoms with van der Waals surface area (Å²) in [6, 6.07) is 3.60. The second-order valence-corrected chi connectivity index (χ2v) is 5.51. The Hall–Kier alpha value is -2.68. The molecule has 1 aromatic carbocycles. The molecule has 2 N–H and O–H groups in total. The van der Waals surface area contributed by atoms with Crippen molar-refractivity contribution < 1.29 is 23.7 Å². The molecule has 23 heavy (non-hydrogen) atoms. The molecular formula is C14H15N3O5S. The molecule has 2 aromatic rings. The molecule has 0 atom stereocenters. The second-order valence-electron chi connectivity index (χ2n) is 4.48. The molecule has 0 bridgehead atoms. The third-order valence-electron chi connectivity index (χ3n) is 3.04. The van der Waals surface area contributed by atoms with Gasteiger partial charge < -0.3 is 18.9 Å². The van der Waals surface area contributed by atoms with E-state index in [4.69, 9.17) is 18.9 Å². The summed E-state index contributed by atoms with van der Waals surface area (Å²) in [5.41, 5.74) is 5.95. The number of benzene rings is 1. The molecule has 1 aliphatic heterocycles. The molecule has 0 saturated heterocycles. The Bertz CT molecular complexity index is 758. The summed E-state index contributed by atoms with van der Waals surface area (Å²) in [5.74, 6) is 0.950. The molecule has 1 aromatic heterocycles. The maximum Gasteiger partial charge on any atom is 0.307 e. The molecule has 0 radical (unpaired) electrons. The summed E-state index contributed by atoms with van der Waals surface area (Å²) in [6.45, 7) is 0.779. The number of hydrazine groups is 1. The maximum absolute atomic E-state index is 11.9. The second kappa shape index (κ2) is 6.61. The average Bonchev–Trinajstić information content (AvgIpc) is 3.02. The van der Waals surface area contributed by atoms with Crippen LogP contribution in [0.5, 0.6) is 11.5 Å². The van der Waals surface area contributed by atoms with Crippen LogP contribution < -0.4 is 20.3 Å². The van der Waals surface area contributed by atoms with Gasteiger partial charge in [0.2, 0.25) is 10.9 Å². The number of ether oxygens (including phenoxy) is 4. The predicted octanol–water partition coefficient (Wildman–Crippen LogP) is 1.64. The van der Waals surface area contributed by atoms with Gasteiger partial charge in [-0.05, 0) is 6.07 Å². The summed E-state index contributed by atoms with van der Waals surface area (Å²) >= 11 is 1.36. The molecule has 1 amide bonds. The standard InChI is InChI=1S/C14H15N3O5S/c1-19-8-5-9(20-2)12-11(6-8)23-14(15-12)17-16-13(18)10-7-21-3-4-22-10/h5-7H,3-4H2,1-2H3,(H,15,17)(H,16,18). The Labute approximate surface area is 136 Å². The number of methoxy groups -OCH3 is 2. The van der Waals surface area contributed by atoms with E-state index in [1.165, 1.54) is 17.6 Å². The number of nitrogens with one attached hydrogen (secondary N) is 2. The first-order chi connectivity index (χ1) is 11.2. The van der Waals surface area contributed by atoms with Gasteiger partial charge in [-0.3, -0.25) is 15.6 Å². The van der Waals surface area contributed by atoms with Crippen molar-refractivity contribution in [1.29, 1.82) is 0 Å². The van der Waals surface area contributed by atoms with E-state index in [1.54, 1.807) is 20.3 Å². The van der Waals surface area contributed by atoms with Crippen LogP contribution in [0.15, 0.2) is 24.2 Å². The van der Waals surface area contributed by atoms with Crippen molar-refractivity contribution in [2.75, 3.05) is 32.9 Å². The Morgan fingerprint density at radius 1 is 1.30 bits per heavy atom. The fourth-order valence-corrected chi connectivity index (χ4v) is 2.83. The molecule has 0 saturated carbocycles. The van der Waals surface area contributed by atoms with E-state index >= 15 is 0 Å². The highest BCUT2D eigenvalue weighted by Gasteiger charge is 2.16. The highest BCUT2D eigenvalue weighted by molar-refractivity contribution is 7.22. The van der Waals surface area contributed by atoms with Crippen LogP contribution in [-0.2, 0) is 14.3 Å². The van der Waals surface area contributed by atoms with Crippen LogP contribution in [-0.4, -0.2) is 38.3 Å². The lowest BCUT2D eigenvalue weighted by Crippen LogP contribution is -2.32. The van der Waals surface area contributed by atoms with Crippen molar-refractivity contribution in [3.8, 4) is 11.5 Å². The topological polar surface area (TPSA) is 90.9 Å². The van der Waals surface area contributed by atoms with Crippen LogP contribution in [0.1, 0.15) is 0 Å². The summed E-state index contributed by atoms with van der Waals surface area (Å²) in [5, 5.41) is 0.511. The maximum atomic E-state index is 11.9. The van der Waals surface area contributed by atoms with Gasteiger partial charge in [0.1, 0.15) is 36.5 Å². The van der Waals surface area contributed by atoms with Gasteiger partial charge in [0, 0.05) is 6.07 Å². The molecule has 3 rings (SSSR count). The third kappa shape index (κ3) is 3.24. The molecule has 1 aliphatic rings. The highest BCUT2D eigenvalue weighted by Crippen LogP contribution is 2.35. The SMILES string of the molecule is COc1cc(OC)c2nc(NNC(=O)C3=COCCO3)sc2c1. The van der Waals surface area contributed by atoms with E-state index in [1.807, 2.05) is 6.07 Å². The van der Waals surface area contributed by atoms with Crippen molar-refractivity contribution >= 4 is 32.6 Å². The van der Waals surface area contributed by atoms with Gasteiger partial charge in [-0.25, -0.2) is 4.98 Å². The van der Waals surface area contributed by atoms with E-state index in [0.717, 1.165) is 4.70 Å². The lowest BCUT2D eigenvalue weighted by atomic mass is 10.3. The first-order valence-electron chi connectivity index (χ1n) is 6.74. The number of hydrogen-bond acceptors (Lipinski definition) is 8. The van der Waals surface area contributed by atoms with Gasteiger partial charge in [0.25, 0.3) is 0 Å². The molecule has 0 unspecified atom stereocenters. The van der Waals surface area contributed by atoms with Gasteiger partial charge >= 0.3 is 5.91 Å². The molecule has 2 heterocycles. The molecule has 0 aliphatic carbocycles. The van der Waals surface area contributed by atoms with Gasteiger partial charge in [0.15, 0.2) is 0 Å². The monoisotopic (exact) mass is 337 g/mol. The molecule has 122 valence electrons. The third-order valence-corrected chi connectivity index (χ3v) is 3.96. The van der Waals surface area contributed by atoms with Crippen LogP contribution >= 0.6 is 11.3 Å². The van der Waals surface area contributed by atoms with Gasteiger partial charge in [-0.15, -0.1) is 0 Å². The van der Waals surface area contributed by atoms with Crippen molar-refractivity contribution in [3.05, 3.63) is 24.2 Å². The number of carbonyl (C=O) groups is 1. The molecule has 9 heteroatoms. The van der Waals surface area contributed by atoms with Crippen LogP contribution in [0.4, 0.5) is 5.13 Å². The van der Waals surface area contributed by atoms with Crippen LogP contribution in [0.2, 0.25) is 0 Å². The Balaban J connectivity index is 1.75. The number of aromatic nitrogens is 1. The summed E-state index contributed by atoms with van der Waals surface area (Å²) in [4.78, 5) is 16.3. The van der Waals surface area contributed by atoms with Gasteiger partial charge in [0.05, 0.1) is 18.9 Å². The Kier molecular flexibility index (Phi) is 4.38. The zero-order valence-corrected chi connectivity index (χ0v) is 13.4. The summed E-state index contributed by atoms with van der Waals surface area (Å²) in [7, 11) is 3.15. The number of fused-ring (bicyclic) bond motifs is 1. The largest absolute Gasteiger partial charge is 0.497 e. The number of anilines is 1. The van der Waals surface area contributed by atoms with Crippen molar-refractivity contribution in [1.82, 2.24) is 10.4 Å². The average molecular weight is 337 g/mol. The number of amides is 1. The molecule has 0 fully saturated rings.